The van der Waals surface area contributed by atoms with Crippen LogP contribution in [0.25, 0.3) is 5.69 Å². The maximum Gasteiger partial charge on any atom is 0.277 e. The molecule has 2 aromatic heterocycles. The summed E-state index contributed by atoms with van der Waals surface area (Å²) in [5.74, 6) is -0.0500. The molecule has 1 aromatic carbocycles. The second-order valence-electron chi connectivity index (χ2n) is 5.37. The van der Waals surface area contributed by atoms with Crippen LogP contribution in [-0.4, -0.2) is 25.5 Å². The predicted octanol–water partition coefficient (Wildman–Crippen LogP) is 3.26. The molecule has 0 aliphatic rings. The van der Waals surface area contributed by atoms with Crippen LogP contribution in [0.2, 0.25) is 0 Å². The van der Waals surface area contributed by atoms with Gasteiger partial charge in [0.25, 0.3) is 5.91 Å². The van der Waals surface area contributed by atoms with E-state index in [0.29, 0.717) is 11.5 Å². The van der Waals surface area contributed by atoms with Crippen LogP contribution >= 0.6 is 0 Å². The maximum atomic E-state index is 13.3. The summed E-state index contributed by atoms with van der Waals surface area (Å²) in [6.07, 6.45) is 5.30. The fourth-order valence-corrected chi connectivity index (χ4v) is 2.31. The van der Waals surface area contributed by atoms with Gasteiger partial charge in [-0.25, -0.2) is 13.8 Å². The summed E-state index contributed by atoms with van der Waals surface area (Å²) >= 11 is 0. The normalized spacial score (nSPS) is 10.8. The number of nitrogens with zero attached hydrogens (tertiary/aromatic N) is 4. The molecule has 1 amide bonds. The van der Waals surface area contributed by atoms with E-state index in [1.807, 2.05) is 0 Å². The van der Waals surface area contributed by atoms with Gasteiger partial charge in [-0.05, 0) is 30.7 Å². The number of unbranched alkanes of at least 4 members (excludes halogenated alkanes) is 1. The van der Waals surface area contributed by atoms with Crippen molar-refractivity contribution in [1.82, 2.24) is 19.6 Å². The van der Waals surface area contributed by atoms with E-state index in [4.69, 9.17) is 0 Å². The van der Waals surface area contributed by atoms with Gasteiger partial charge in [0.05, 0.1) is 11.9 Å². The van der Waals surface area contributed by atoms with Crippen LogP contribution in [0.5, 0.6) is 0 Å². The van der Waals surface area contributed by atoms with Gasteiger partial charge in [-0.1, -0.05) is 19.4 Å². The van der Waals surface area contributed by atoms with Crippen molar-refractivity contribution < 1.29 is 9.18 Å². The standard InChI is InChI=1S/C17H18FN5O/c1-2-3-10-23-16(7-9-19-23)20-17(24)15-8-11-22(21-15)14-6-4-5-13(18)12-14/h4-9,11-12H,2-3,10H2,1H3,(H,20,24). The topological polar surface area (TPSA) is 64.7 Å². The highest BCUT2D eigenvalue weighted by Gasteiger charge is 2.13. The molecule has 0 atom stereocenters. The van der Waals surface area contributed by atoms with Crippen LogP contribution in [-0.2, 0) is 6.54 Å². The molecule has 3 rings (SSSR count). The molecule has 0 aliphatic heterocycles. The molecule has 3 aromatic rings. The molecule has 0 unspecified atom stereocenters. The number of amides is 1. The Bertz CT molecular complexity index is 839. The monoisotopic (exact) mass is 327 g/mol. The number of nitrogens with one attached hydrogen (secondary N) is 1. The zero-order chi connectivity index (χ0) is 16.9. The number of anilines is 1. The lowest BCUT2D eigenvalue weighted by atomic mass is 10.3. The number of hydrogen-bond donors (Lipinski definition) is 1. The van der Waals surface area contributed by atoms with Gasteiger partial charge >= 0.3 is 0 Å². The second kappa shape index (κ2) is 7.08. The van der Waals surface area contributed by atoms with Crippen molar-refractivity contribution in [2.75, 3.05) is 5.32 Å². The van der Waals surface area contributed by atoms with Crippen molar-refractivity contribution in [2.24, 2.45) is 0 Å². The van der Waals surface area contributed by atoms with Crippen LogP contribution in [0.4, 0.5) is 10.2 Å². The summed E-state index contributed by atoms with van der Waals surface area (Å²) in [6, 6.07) is 9.37. The van der Waals surface area contributed by atoms with E-state index in [1.165, 1.54) is 16.8 Å². The van der Waals surface area contributed by atoms with Gasteiger partial charge in [-0.15, -0.1) is 0 Å². The first-order valence-corrected chi connectivity index (χ1v) is 7.82. The highest BCUT2D eigenvalue weighted by molar-refractivity contribution is 6.02. The molecule has 2 heterocycles. The number of aromatic nitrogens is 4. The Morgan fingerprint density at radius 3 is 2.96 bits per heavy atom. The van der Waals surface area contributed by atoms with Crippen LogP contribution < -0.4 is 5.32 Å². The molecule has 6 nitrogen and oxygen atoms in total. The molecule has 0 fully saturated rings. The van der Waals surface area contributed by atoms with E-state index in [0.717, 1.165) is 19.4 Å². The zero-order valence-corrected chi connectivity index (χ0v) is 13.3. The van der Waals surface area contributed by atoms with E-state index < -0.39 is 0 Å². The van der Waals surface area contributed by atoms with Gasteiger partial charge in [-0.2, -0.15) is 10.2 Å². The Balaban J connectivity index is 1.74. The van der Waals surface area contributed by atoms with Crippen LogP contribution in [0.1, 0.15) is 30.3 Å². The molecule has 1 N–H and O–H groups in total. The first kappa shape index (κ1) is 15.9. The lowest BCUT2D eigenvalue weighted by Gasteiger charge is -2.07. The van der Waals surface area contributed by atoms with E-state index in [-0.39, 0.29) is 17.4 Å². The molecule has 124 valence electrons. The Morgan fingerprint density at radius 1 is 1.29 bits per heavy atom. The zero-order valence-electron chi connectivity index (χ0n) is 13.3. The number of carbonyl (C=O) groups excluding carboxylic acids is 1. The smallest absolute Gasteiger partial charge is 0.277 e. The Kier molecular flexibility index (Phi) is 4.69. The van der Waals surface area contributed by atoms with Crippen molar-refractivity contribution in [3.05, 3.63) is 60.3 Å². The largest absolute Gasteiger partial charge is 0.305 e. The molecule has 0 saturated carbocycles. The third-order valence-corrected chi connectivity index (χ3v) is 3.58. The highest BCUT2D eigenvalue weighted by Crippen LogP contribution is 2.12. The minimum Gasteiger partial charge on any atom is -0.305 e. The minimum atomic E-state index is -0.353. The first-order chi connectivity index (χ1) is 11.7. The van der Waals surface area contributed by atoms with Crippen molar-refractivity contribution in [3.8, 4) is 5.69 Å². The minimum absolute atomic E-state index is 0.252. The van der Waals surface area contributed by atoms with Crippen LogP contribution in [0, 0.1) is 5.82 Å². The maximum absolute atomic E-state index is 13.3. The molecule has 0 aliphatic carbocycles. The van der Waals surface area contributed by atoms with Crippen LogP contribution in [0.15, 0.2) is 48.8 Å². The number of rotatable bonds is 6. The average Bonchev–Trinajstić information content (AvgIpc) is 3.22. The molecular formula is C17H18FN5O. The van der Waals surface area contributed by atoms with Crippen molar-refractivity contribution in [2.45, 2.75) is 26.3 Å². The summed E-state index contributed by atoms with van der Waals surface area (Å²) in [6.45, 7) is 2.84. The molecule has 24 heavy (non-hydrogen) atoms. The van der Waals surface area contributed by atoms with Gasteiger partial charge in [-0.3, -0.25) is 4.79 Å². The van der Waals surface area contributed by atoms with E-state index in [9.17, 15) is 9.18 Å². The Morgan fingerprint density at radius 2 is 2.17 bits per heavy atom. The number of aryl methyl sites for hydroxylation is 1. The summed E-state index contributed by atoms with van der Waals surface area (Å²) in [5, 5.41) is 11.2. The van der Waals surface area contributed by atoms with Gasteiger partial charge < -0.3 is 5.32 Å². The second-order valence-corrected chi connectivity index (χ2v) is 5.37. The first-order valence-electron chi connectivity index (χ1n) is 7.82. The van der Waals surface area contributed by atoms with Crippen molar-refractivity contribution in [1.29, 1.82) is 0 Å². The third-order valence-electron chi connectivity index (χ3n) is 3.58. The summed E-state index contributed by atoms with van der Waals surface area (Å²) in [4.78, 5) is 12.3. The summed E-state index contributed by atoms with van der Waals surface area (Å²) < 4.78 is 16.5. The van der Waals surface area contributed by atoms with Gasteiger partial charge in [0.15, 0.2) is 5.69 Å². The van der Waals surface area contributed by atoms with Crippen molar-refractivity contribution in [3.63, 3.8) is 0 Å². The summed E-state index contributed by atoms with van der Waals surface area (Å²) in [7, 11) is 0. The Labute approximate surface area is 138 Å². The average molecular weight is 327 g/mol. The number of hydrogen-bond acceptors (Lipinski definition) is 3. The lowest BCUT2D eigenvalue weighted by molar-refractivity contribution is 0.102. The molecule has 7 heteroatoms. The van der Waals surface area contributed by atoms with Crippen molar-refractivity contribution >= 4 is 11.7 Å². The van der Waals surface area contributed by atoms with Gasteiger partial charge in [0.1, 0.15) is 11.6 Å². The molecule has 0 bridgehead atoms. The fraction of sp³-hybridized carbons (Fsp3) is 0.235. The van der Waals surface area contributed by atoms with Crippen LogP contribution in [0.3, 0.4) is 0 Å². The number of benzene rings is 1. The molecule has 0 saturated heterocycles. The van der Waals surface area contributed by atoms with Gasteiger partial charge in [0, 0.05) is 18.8 Å². The quantitative estimate of drug-likeness (QED) is 0.756. The van der Waals surface area contributed by atoms with E-state index in [2.05, 4.69) is 22.4 Å². The van der Waals surface area contributed by atoms with Gasteiger partial charge in [0.2, 0.25) is 0 Å². The predicted molar refractivity (Wildman–Crippen MR) is 88.6 cm³/mol. The number of halogens is 1. The molecular weight excluding hydrogens is 309 g/mol. The molecule has 0 radical (unpaired) electrons. The highest BCUT2D eigenvalue weighted by atomic mass is 19.1. The lowest BCUT2D eigenvalue weighted by Crippen LogP contribution is -2.16. The van der Waals surface area contributed by atoms with E-state index >= 15 is 0 Å². The Hall–Kier alpha value is -2.96. The molecule has 0 spiro atoms. The fourth-order valence-electron chi connectivity index (χ4n) is 2.31. The summed E-state index contributed by atoms with van der Waals surface area (Å²) in [5.41, 5.74) is 0.810. The van der Waals surface area contributed by atoms with E-state index in [1.54, 1.807) is 41.3 Å². The third kappa shape index (κ3) is 3.51. The SMILES string of the molecule is CCCCn1nccc1NC(=O)c1ccn(-c2cccc(F)c2)n1. The number of carbonyl (C=O) groups is 1.